The van der Waals surface area contributed by atoms with Crippen molar-refractivity contribution in [2.45, 2.75) is 0 Å². The van der Waals surface area contributed by atoms with Crippen molar-refractivity contribution in [2.75, 3.05) is 0 Å². The zero-order valence-electron chi connectivity index (χ0n) is 21.5. The summed E-state index contributed by atoms with van der Waals surface area (Å²) >= 11 is 0. The fraction of sp³-hybridized carbons (Fsp3) is 0. The van der Waals surface area contributed by atoms with Crippen molar-refractivity contribution >= 4 is 32.8 Å². The first-order valence-electron chi connectivity index (χ1n) is 13.3. The van der Waals surface area contributed by atoms with Crippen LogP contribution in [0.25, 0.3) is 66.9 Å². The highest BCUT2D eigenvalue weighted by atomic mass is 15.1. The second-order valence-electron chi connectivity index (χ2n) is 9.79. The quantitative estimate of drug-likeness (QED) is 0.238. The molecule has 5 nitrogen and oxygen atoms in total. The highest BCUT2D eigenvalue weighted by Gasteiger charge is 2.21. The van der Waals surface area contributed by atoms with Crippen LogP contribution < -0.4 is 0 Å². The summed E-state index contributed by atoms with van der Waals surface area (Å²) in [6.07, 6.45) is 5.48. The lowest BCUT2D eigenvalue weighted by Gasteiger charge is -2.10. The standard InChI is InChI=1S/C35H23N5/c1-2-11-27(12-3-1)39-29-14-5-4-13-28(29)33-30(39)16-17-31-34(33)38-35(40(31)32-15-6-7-20-37-32)26-10-8-9-25(23-26)24-18-21-36-22-19-24/h1-23H. The van der Waals surface area contributed by atoms with Crippen molar-refractivity contribution in [3.63, 3.8) is 0 Å². The van der Waals surface area contributed by atoms with Crippen molar-refractivity contribution in [3.8, 4) is 34.0 Å². The molecule has 0 unspecified atom stereocenters. The second-order valence-corrected chi connectivity index (χ2v) is 9.79. The van der Waals surface area contributed by atoms with Gasteiger partial charge in [-0.25, -0.2) is 9.97 Å². The number of pyridine rings is 2. The van der Waals surface area contributed by atoms with Gasteiger partial charge in [-0.2, -0.15) is 0 Å². The predicted octanol–water partition coefficient (Wildman–Crippen LogP) is 8.25. The first kappa shape index (κ1) is 22.4. The number of hydrogen-bond donors (Lipinski definition) is 0. The SMILES string of the molecule is c1ccc(-n2c3ccccc3c3c4nc(-c5cccc(-c6ccncc6)c5)n(-c5ccccn5)c4ccc32)cc1. The van der Waals surface area contributed by atoms with Crippen LogP contribution in [0.15, 0.2) is 140 Å². The van der Waals surface area contributed by atoms with Gasteiger partial charge in [0.25, 0.3) is 0 Å². The van der Waals surface area contributed by atoms with Crippen LogP contribution in [0.2, 0.25) is 0 Å². The number of nitrogens with zero attached hydrogens (tertiary/aromatic N) is 5. The molecular formula is C35H23N5. The van der Waals surface area contributed by atoms with Gasteiger partial charge in [-0.3, -0.25) is 9.55 Å². The fourth-order valence-electron chi connectivity index (χ4n) is 5.74. The number of para-hydroxylation sites is 2. The Morgan fingerprint density at radius 3 is 2.12 bits per heavy atom. The molecule has 0 spiro atoms. The molecule has 8 aromatic rings. The van der Waals surface area contributed by atoms with Crippen LogP contribution in [0.3, 0.4) is 0 Å². The Labute approximate surface area is 230 Å². The van der Waals surface area contributed by atoms with Crippen molar-refractivity contribution in [3.05, 3.63) is 140 Å². The highest BCUT2D eigenvalue weighted by molar-refractivity contribution is 6.20. The zero-order valence-corrected chi connectivity index (χ0v) is 21.5. The molecular weight excluding hydrogens is 490 g/mol. The Morgan fingerprint density at radius 2 is 1.27 bits per heavy atom. The molecule has 0 aliphatic rings. The van der Waals surface area contributed by atoms with Crippen LogP contribution in [0.1, 0.15) is 0 Å². The third-order valence-electron chi connectivity index (χ3n) is 7.49. The van der Waals surface area contributed by atoms with Crippen LogP contribution in [-0.4, -0.2) is 24.1 Å². The Bertz CT molecular complexity index is 2140. The maximum atomic E-state index is 5.38. The lowest BCUT2D eigenvalue weighted by molar-refractivity contribution is 1.03. The Hall–Kier alpha value is -5.55. The third kappa shape index (κ3) is 3.45. The average Bonchev–Trinajstić information content (AvgIpc) is 3.59. The van der Waals surface area contributed by atoms with Gasteiger partial charge < -0.3 is 4.57 Å². The van der Waals surface area contributed by atoms with Crippen molar-refractivity contribution in [1.82, 2.24) is 24.1 Å². The molecule has 0 amide bonds. The van der Waals surface area contributed by atoms with Gasteiger partial charge in [-0.05, 0) is 71.8 Å². The molecule has 8 rings (SSSR count). The fourth-order valence-corrected chi connectivity index (χ4v) is 5.74. The Kier molecular flexibility index (Phi) is 5.07. The molecule has 0 aliphatic heterocycles. The smallest absolute Gasteiger partial charge is 0.146 e. The van der Waals surface area contributed by atoms with Gasteiger partial charge in [0.2, 0.25) is 0 Å². The van der Waals surface area contributed by atoms with Crippen LogP contribution in [-0.2, 0) is 0 Å². The summed E-state index contributed by atoms with van der Waals surface area (Å²) in [7, 11) is 0. The maximum Gasteiger partial charge on any atom is 0.146 e. The highest BCUT2D eigenvalue weighted by Crippen LogP contribution is 2.39. The summed E-state index contributed by atoms with van der Waals surface area (Å²) in [6.45, 7) is 0. The van der Waals surface area contributed by atoms with Gasteiger partial charge in [-0.1, -0.05) is 60.7 Å². The van der Waals surface area contributed by atoms with Gasteiger partial charge in [0, 0.05) is 40.6 Å². The molecule has 0 bridgehead atoms. The van der Waals surface area contributed by atoms with Gasteiger partial charge >= 0.3 is 0 Å². The molecule has 188 valence electrons. The summed E-state index contributed by atoms with van der Waals surface area (Å²) in [5, 5.41) is 2.31. The lowest BCUT2D eigenvalue weighted by atomic mass is 10.0. The summed E-state index contributed by atoms with van der Waals surface area (Å²) < 4.78 is 4.50. The van der Waals surface area contributed by atoms with E-state index in [0.717, 1.165) is 61.5 Å². The largest absolute Gasteiger partial charge is 0.309 e. The number of imidazole rings is 1. The normalized spacial score (nSPS) is 11.5. The number of hydrogen-bond acceptors (Lipinski definition) is 3. The van der Waals surface area contributed by atoms with E-state index >= 15 is 0 Å². The van der Waals surface area contributed by atoms with Crippen LogP contribution in [0, 0.1) is 0 Å². The van der Waals surface area contributed by atoms with Gasteiger partial charge in [0.05, 0.1) is 22.1 Å². The van der Waals surface area contributed by atoms with E-state index in [1.54, 1.807) is 0 Å². The van der Waals surface area contributed by atoms with E-state index in [4.69, 9.17) is 9.97 Å². The monoisotopic (exact) mass is 513 g/mol. The number of rotatable bonds is 4. The van der Waals surface area contributed by atoms with Gasteiger partial charge in [-0.15, -0.1) is 0 Å². The molecule has 0 saturated heterocycles. The first-order chi connectivity index (χ1) is 19.9. The third-order valence-corrected chi connectivity index (χ3v) is 7.49. The van der Waals surface area contributed by atoms with E-state index in [1.807, 2.05) is 48.9 Å². The van der Waals surface area contributed by atoms with E-state index in [1.165, 1.54) is 5.39 Å². The van der Waals surface area contributed by atoms with Crippen LogP contribution in [0.5, 0.6) is 0 Å². The van der Waals surface area contributed by atoms with Gasteiger partial charge in [0.1, 0.15) is 11.6 Å². The van der Waals surface area contributed by atoms with Crippen molar-refractivity contribution in [1.29, 1.82) is 0 Å². The minimum atomic E-state index is 0.834. The lowest BCUT2D eigenvalue weighted by Crippen LogP contribution is -2.00. The molecule has 0 saturated carbocycles. The van der Waals surface area contributed by atoms with E-state index in [9.17, 15) is 0 Å². The number of aromatic nitrogens is 5. The van der Waals surface area contributed by atoms with Crippen molar-refractivity contribution < 1.29 is 0 Å². The number of benzene rings is 4. The molecule has 4 aromatic heterocycles. The van der Waals surface area contributed by atoms with Crippen LogP contribution in [0.4, 0.5) is 0 Å². The molecule has 0 radical (unpaired) electrons. The predicted molar refractivity (Wildman–Crippen MR) is 162 cm³/mol. The Morgan fingerprint density at radius 1 is 0.500 bits per heavy atom. The molecule has 40 heavy (non-hydrogen) atoms. The molecule has 5 heteroatoms. The van der Waals surface area contributed by atoms with E-state index in [2.05, 4.69) is 105 Å². The Balaban J connectivity index is 1.47. The van der Waals surface area contributed by atoms with Gasteiger partial charge in [0.15, 0.2) is 0 Å². The summed E-state index contributed by atoms with van der Waals surface area (Å²) in [4.78, 5) is 14.3. The van der Waals surface area contributed by atoms with Crippen LogP contribution >= 0.6 is 0 Å². The second kappa shape index (κ2) is 9.03. The minimum absolute atomic E-state index is 0.834. The van der Waals surface area contributed by atoms with E-state index in [0.29, 0.717) is 0 Å². The summed E-state index contributed by atoms with van der Waals surface area (Å²) in [5.41, 5.74) is 8.65. The molecule has 0 atom stereocenters. The molecule has 4 aromatic carbocycles. The molecule has 0 fully saturated rings. The topological polar surface area (TPSA) is 48.5 Å². The molecule has 0 N–H and O–H groups in total. The first-order valence-corrected chi connectivity index (χ1v) is 13.3. The molecule has 4 heterocycles. The average molecular weight is 514 g/mol. The van der Waals surface area contributed by atoms with E-state index in [-0.39, 0.29) is 0 Å². The summed E-state index contributed by atoms with van der Waals surface area (Å²) in [6, 6.07) is 42.1. The van der Waals surface area contributed by atoms with Crippen molar-refractivity contribution in [2.24, 2.45) is 0 Å². The number of fused-ring (bicyclic) bond motifs is 5. The maximum absolute atomic E-state index is 5.38. The van der Waals surface area contributed by atoms with E-state index < -0.39 is 0 Å². The minimum Gasteiger partial charge on any atom is -0.309 e. The zero-order chi connectivity index (χ0) is 26.5. The molecule has 0 aliphatic carbocycles. The summed E-state index contributed by atoms with van der Waals surface area (Å²) in [5.74, 6) is 1.69.